The summed E-state index contributed by atoms with van der Waals surface area (Å²) < 4.78 is 6.18. The number of rotatable bonds is 21. The zero-order chi connectivity index (χ0) is 65.6. The maximum Gasteiger partial charge on any atom is 0.303 e. The van der Waals surface area contributed by atoms with E-state index in [1.165, 1.54) is 68.7 Å². The number of aliphatic carboxylic acids is 1. The largest absolute Gasteiger partial charge is 0.508 e. The van der Waals surface area contributed by atoms with Crippen LogP contribution in [0, 0.1) is 5.92 Å². The Morgan fingerprint density at radius 2 is 1.42 bits per heavy atom. The number of aliphatic hydroxyl groups is 1. The number of aromatic hydroxyl groups is 1. The summed E-state index contributed by atoms with van der Waals surface area (Å²) in [5.74, 6) is -10.0. The molecule has 27 nitrogen and oxygen atoms in total. The third kappa shape index (κ3) is 26.8. The lowest BCUT2D eigenvalue weighted by molar-refractivity contribution is -0.138. The topological polar surface area (TPSA) is 414 Å². The molecule has 9 atom stereocenters. The third-order valence-corrected chi connectivity index (χ3v) is 15.7. The minimum atomic E-state index is -1.70. The monoisotopic (exact) mass is 1280 g/mol. The van der Waals surface area contributed by atoms with E-state index < -0.39 is 139 Å². The third-order valence-electron chi connectivity index (χ3n) is 13.5. The number of nitrogens with zero attached hydrogens (tertiary/aromatic N) is 1. The summed E-state index contributed by atoms with van der Waals surface area (Å²) in [5, 5.41) is 56.6. The van der Waals surface area contributed by atoms with Gasteiger partial charge >= 0.3 is 5.97 Å². The zero-order valence-electron chi connectivity index (χ0n) is 50.7. The Morgan fingerprint density at radius 1 is 0.764 bits per heavy atom. The van der Waals surface area contributed by atoms with E-state index in [9.17, 15) is 68.1 Å². The van der Waals surface area contributed by atoms with E-state index in [1.54, 1.807) is 44.2 Å². The summed E-state index contributed by atoms with van der Waals surface area (Å²) in [5.41, 5.74) is 8.27. The molecule has 0 aromatic heterocycles. The Morgan fingerprint density at radius 3 is 2.03 bits per heavy atom. The number of carboxylic acid groups (broad SMARTS) is 1. The highest BCUT2D eigenvalue weighted by Gasteiger charge is 2.35. The van der Waals surface area contributed by atoms with E-state index in [2.05, 4.69) is 64.8 Å². The van der Waals surface area contributed by atoms with Crippen LogP contribution in [-0.4, -0.2) is 173 Å². The Labute approximate surface area is 525 Å². The molecule has 0 fully saturated rings. The molecule has 486 valence electrons. The minimum absolute atomic E-state index is 0.0163. The predicted octanol–water partition coefficient (Wildman–Crippen LogP) is 0.350. The summed E-state index contributed by atoms with van der Waals surface area (Å²) in [6.45, 7) is 7.67. The van der Waals surface area contributed by atoms with Gasteiger partial charge < -0.3 is 78.5 Å². The number of thioether (sulfide) groups is 2. The second kappa shape index (κ2) is 38.1. The van der Waals surface area contributed by atoms with E-state index in [0.29, 0.717) is 23.5 Å². The highest BCUT2D eigenvalue weighted by Crippen LogP contribution is 2.26. The normalized spacial score (nSPS) is 21.6. The van der Waals surface area contributed by atoms with Crippen molar-refractivity contribution in [3.8, 4) is 11.5 Å². The predicted molar refractivity (Wildman–Crippen MR) is 333 cm³/mol. The van der Waals surface area contributed by atoms with Crippen molar-refractivity contribution in [1.29, 1.82) is 0 Å². The van der Waals surface area contributed by atoms with Crippen LogP contribution in [0.15, 0.2) is 78.0 Å². The van der Waals surface area contributed by atoms with Crippen LogP contribution in [-0.2, 0) is 81.9 Å². The van der Waals surface area contributed by atoms with Crippen molar-refractivity contribution >= 4 is 94.8 Å². The first kappa shape index (κ1) is 73.0. The van der Waals surface area contributed by atoms with Gasteiger partial charge in [-0.3, -0.25) is 52.7 Å². The smallest absolute Gasteiger partial charge is 0.303 e. The van der Waals surface area contributed by atoms with Crippen molar-refractivity contribution in [2.45, 2.75) is 152 Å². The number of carbonyl (C=O) groups excluding carboxylic acids is 10. The lowest BCUT2D eigenvalue weighted by Gasteiger charge is -2.27. The summed E-state index contributed by atoms with van der Waals surface area (Å²) in [4.78, 5) is 155. The quantitative estimate of drug-likeness (QED) is 0.0389. The number of phenolic OH excluding ortho intramolecular Hbond substituents is 1. The summed E-state index contributed by atoms with van der Waals surface area (Å²) in [7, 11) is 1.23. The number of fused-ring (bicyclic) bond motifs is 2. The summed E-state index contributed by atoms with van der Waals surface area (Å²) in [6, 6.07) is 8.13. The van der Waals surface area contributed by atoms with Crippen LogP contribution in [0.25, 0.3) is 0 Å². The summed E-state index contributed by atoms with van der Waals surface area (Å²) >= 11 is 2.45. The number of ether oxygens (including phenoxy) is 1. The van der Waals surface area contributed by atoms with E-state index in [1.807, 2.05) is 18.2 Å². The van der Waals surface area contributed by atoms with Gasteiger partial charge in [-0.2, -0.15) is 23.5 Å². The second-order valence-corrected chi connectivity index (χ2v) is 23.7. The highest BCUT2D eigenvalue weighted by atomic mass is 32.2. The fourth-order valence-electron chi connectivity index (χ4n) is 8.85. The van der Waals surface area contributed by atoms with Gasteiger partial charge in [-0.25, -0.2) is 0 Å². The highest BCUT2D eigenvalue weighted by molar-refractivity contribution is 7.98. The van der Waals surface area contributed by atoms with Crippen LogP contribution in [0.2, 0.25) is 0 Å². The van der Waals surface area contributed by atoms with Crippen molar-refractivity contribution in [2.24, 2.45) is 16.8 Å². The van der Waals surface area contributed by atoms with Crippen molar-refractivity contribution in [3.63, 3.8) is 0 Å². The number of oxime groups is 1. The lowest BCUT2D eigenvalue weighted by atomic mass is 10.0. The van der Waals surface area contributed by atoms with Crippen LogP contribution in [0.3, 0.4) is 0 Å². The molecule has 3 aromatic rings. The number of hydrogen-bond donors (Lipinski definition) is 13. The van der Waals surface area contributed by atoms with Crippen molar-refractivity contribution in [3.05, 3.63) is 95.1 Å². The van der Waals surface area contributed by atoms with Crippen LogP contribution in [0.1, 0.15) is 95.4 Å². The molecule has 0 spiro atoms. The molecule has 89 heavy (non-hydrogen) atoms. The number of amides is 10. The first-order chi connectivity index (χ1) is 42.3. The molecule has 4 rings (SSSR count). The van der Waals surface area contributed by atoms with Gasteiger partial charge in [0.05, 0.1) is 19.3 Å². The molecule has 10 amide bonds. The molecular formula is C60H83N11O16S2. The van der Waals surface area contributed by atoms with Gasteiger partial charge in [-0.05, 0) is 85.5 Å². The van der Waals surface area contributed by atoms with Gasteiger partial charge in [-0.1, -0.05) is 87.3 Å². The molecular weight excluding hydrogens is 1190 g/mol. The minimum Gasteiger partial charge on any atom is -0.508 e. The molecule has 2 bridgehead atoms. The van der Waals surface area contributed by atoms with Crippen molar-refractivity contribution in [1.82, 2.24) is 47.9 Å². The van der Waals surface area contributed by atoms with Crippen LogP contribution in [0.5, 0.6) is 11.5 Å². The van der Waals surface area contributed by atoms with Crippen LogP contribution >= 0.6 is 23.5 Å². The van der Waals surface area contributed by atoms with Gasteiger partial charge in [0.25, 0.3) is 5.91 Å². The second-order valence-electron chi connectivity index (χ2n) is 21.6. The fraction of sp³-hybridized carbons (Fsp3) is 0.500. The first-order valence-corrected chi connectivity index (χ1v) is 31.3. The number of nitrogens with one attached hydrogen (secondary N) is 9. The zero-order valence-corrected chi connectivity index (χ0v) is 52.3. The number of phenols is 1. The van der Waals surface area contributed by atoms with E-state index in [4.69, 9.17) is 10.5 Å². The molecule has 0 radical (unpaired) electrons. The summed E-state index contributed by atoms with van der Waals surface area (Å²) in [6.07, 6.45) is 0.443. The van der Waals surface area contributed by atoms with Gasteiger partial charge in [0, 0.05) is 42.3 Å². The maximum atomic E-state index is 14.7. The average molecular weight is 1280 g/mol. The van der Waals surface area contributed by atoms with Crippen molar-refractivity contribution < 1.29 is 77.6 Å². The van der Waals surface area contributed by atoms with Crippen LogP contribution in [0.4, 0.5) is 0 Å². The number of nitrogens with two attached hydrogens (primary N) is 1. The molecule has 3 aromatic carbocycles. The molecule has 1 aliphatic rings. The van der Waals surface area contributed by atoms with Crippen LogP contribution < -0.4 is 58.3 Å². The number of carbonyl (C=O) groups is 11. The number of benzene rings is 3. The molecule has 0 aliphatic carbocycles. The SMILES string of the molecule is CCCCCOc1cc2cc(c1)CSC[C@H](NC(=O)[C@H](Cc1ccccc1)NC(=O)/C=N/OC)C(=O)N[C@@H](CC(C)C)C(=O)NCC(=O)N[C@@H](Cc1ccc(O)cc1)C(=O)N[C@@H](CCC(=O)O)C(=O)N[C@@H](C)C(=O)N[C@@H]([C@@H](C)O)C(=O)N[C@H](C(N)=O)CSC2. The van der Waals surface area contributed by atoms with E-state index in [0.717, 1.165) is 36.6 Å². The molecule has 1 heterocycles. The van der Waals surface area contributed by atoms with E-state index >= 15 is 0 Å². The molecule has 0 saturated carbocycles. The molecule has 29 heteroatoms. The molecule has 0 saturated heterocycles. The Hall–Kier alpha value is -8.44. The number of aliphatic hydroxyl groups excluding tert-OH is 1. The Balaban J connectivity index is 1.80. The van der Waals surface area contributed by atoms with Crippen molar-refractivity contribution in [2.75, 3.05) is 31.8 Å². The molecule has 14 N–H and O–H groups in total. The number of carboxylic acids is 1. The van der Waals surface area contributed by atoms with Gasteiger partial charge in [-0.15, -0.1) is 0 Å². The Kier molecular flexibility index (Phi) is 31.2. The van der Waals surface area contributed by atoms with E-state index in [-0.39, 0.29) is 53.9 Å². The standard InChI is InChI=1S/C60H83N11O16S2/c1-7-8-12-21-87-42-24-39-23-40(25-42)31-89-33-48(70-58(83)45(66-50(75)29-63-86-6)26-37-13-10-9-11-14-37)59(84)68-44(22-34(2)3)55(80)62-28-49(74)65-46(27-38-15-17-41(73)18-16-38)57(82)67-43(19-20-51(76)77)56(81)64-35(4)54(79)71-52(36(5)72)60(85)69-47(53(61)78)32-88-30-39/h9-11,13-18,23-25,29,34-36,43-48,52,72-73H,7-8,12,19-22,26-28,30-33H2,1-6H3,(H2,61,78)(H,62,80)(H,64,81)(H,65,74)(H,66,75)(H,67,82)(H,68,84)(H,69,85)(H,70,83)(H,71,79)(H,76,77)/b63-29+/t35-,36+,43-,44-,45-,46-,47-,48-,52-/m0/s1. The molecule has 0 unspecified atom stereocenters. The lowest BCUT2D eigenvalue weighted by Crippen LogP contribution is -2.61. The van der Waals surface area contributed by atoms with Gasteiger partial charge in [0.15, 0.2) is 0 Å². The number of unbranched alkanes of at least 4 members (excludes halogenated alkanes) is 2. The van der Waals surface area contributed by atoms with Gasteiger partial charge in [0.2, 0.25) is 53.2 Å². The fourth-order valence-corrected chi connectivity index (χ4v) is 10.8. The first-order valence-electron chi connectivity index (χ1n) is 29.0. The maximum absolute atomic E-state index is 14.7. The number of primary amides is 1. The Bertz CT molecular complexity index is 2920. The average Bonchev–Trinajstić information content (AvgIpc) is 3.40. The number of hydrogen-bond acceptors (Lipinski definition) is 18. The van der Waals surface area contributed by atoms with Gasteiger partial charge in [0.1, 0.15) is 73.2 Å². The molecule has 1 aliphatic heterocycles.